The first-order valence-corrected chi connectivity index (χ1v) is 13.3. The van der Waals surface area contributed by atoms with Crippen LogP contribution in [0.1, 0.15) is 18.4 Å². The molecule has 9 nitrogen and oxygen atoms in total. The van der Waals surface area contributed by atoms with Crippen LogP contribution < -0.4 is 4.90 Å². The molecule has 0 amide bonds. The van der Waals surface area contributed by atoms with Crippen molar-refractivity contribution < 1.29 is 13.2 Å². The molecule has 2 aromatic heterocycles. The van der Waals surface area contributed by atoms with Gasteiger partial charge < -0.3 is 9.64 Å². The Morgan fingerprint density at radius 1 is 0.939 bits per heavy atom. The fraction of sp³-hybridized carbons (Fsp3) is 0.409. The molecular weight excluding hydrogens is 460 g/mol. The molecule has 1 aromatic carbocycles. The van der Waals surface area contributed by atoms with E-state index >= 15 is 0 Å². The number of ether oxygens (including phenoxy) is 1. The van der Waals surface area contributed by atoms with Crippen LogP contribution in [-0.2, 0) is 14.8 Å². The van der Waals surface area contributed by atoms with Gasteiger partial charge in [-0.15, -0.1) is 10.2 Å². The fourth-order valence-corrected chi connectivity index (χ4v) is 6.22. The van der Waals surface area contributed by atoms with E-state index in [1.807, 2.05) is 16.7 Å². The number of rotatable bonds is 6. The van der Waals surface area contributed by atoms with Crippen LogP contribution in [0.3, 0.4) is 0 Å². The minimum atomic E-state index is -3.48. The number of aryl methyl sites for hydroxylation is 1. The average molecular weight is 487 g/mol. The van der Waals surface area contributed by atoms with Gasteiger partial charge in [0.15, 0.2) is 0 Å². The molecule has 0 spiro atoms. The van der Waals surface area contributed by atoms with Crippen molar-refractivity contribution in [2.24, 2.45) is 0 Å². The van der Waals surface area contributed by atoms with E-state index in [1.54, 1.807) is 12.1 Å². The van der Waals surface area contributed by atoms with Gasteiger partial charge in [0.2, 0.25) is 21.1 Å². The molecule has 3 aromatic rings. The van der Waals surface area contributed by atoms with Gasteiger partial charge in [-0.1, -0.05) is 17.7 Å². The van der Waals surface area contributed by atoms with Gasteiger partial charge in [0.25, 0.3) is 0 Å². The third-order valence-electron chi connectivity index (χ3n) is 5.81. The van der Waals surface area contributed by atoms with E-state index in [9.17, 15) is 8.42 Å². The Morgan fingerprint density at radius 3 is 2.33 bits per heavy atom. The molecule has 0 saturated carbocycles. The molecule has 0 N–H and O–H groups in total. The minimum Gasteiger partial charge on any atom is -0.378 e. The number of hydrogen-bond acceptors (Lipinski definition) is 8. The van der Waals surface area contributed by atoms with Crippen LogP contribution in [0, 0.1) is 6.92 Å². The smallest absolute Gasteiger partial charge is 0.244 e. The van der Waals surface area contributed by atoms with Crippen molar-refractivity contribution in [3.05, 3.63) is 48.2 Å². The molecule has 2 aliphatic rings. The second-order valence-corrected chi connectivity index (χ2v) is 11.0. The fourth-order valence-electron chi connectivity index (χ4n) is 3.97. The normalized spacial score (nSPS) is 17.5. The van der Waals surface area contributed by atoms with E-state index in [0.29, 0.717) is 36.5 Å². The SMILES string of the molecule is Cc1ccc(-n2c(Sc3ccc(S(=O)(=O)N4CCCC4)cn3)nnc2N2CCOCC2)cc1. The van der Waals surface area contributed by atoms with Crippen molar-refractivity contribution in [3.63, 3.8) is 0 Å². The monoisotopic (exact) mass is 486 g/mol. The lowest BCUT2D eigenvalue weighted by atomic mass is 10.2. The lowest BCUT2D eigenvalue weighted by Gasteiger charge is -2.27. The molecule has 174 valence electrons. The highest BCUT2D eigenvalue weighted by atomic mass is 32.2. The second kappa shape index (κ2) is 9.41. The number of morpholine rings is 1. The molecule has 0 atom stereocenters. The van der Waals surface area contributed by atoms with Crippen LogP contribution in [-0.4, -0.2) is 71.9 Å². The van der Waals surface area contributed by atoms with Crippen molar-refractivity contribution >= 4 is 27.7 Å². The molecule has 11 heteroatoms. The molecule has 4 heterocycles. The number of aromatic nitrogens is 4. The highest BCUT2D eigenvalue weighted by Crippen LogP contribution is 2.32. The van der Waals surface area contributed by atoms with E-state index in [1.165, 1.54) is 27.8 Å². The molecule has 0 aliphatic carbocycles. The van der Waals surface area contributed by atoms with E-state index in [2.05, 4.69) is 39.1 Å². The van der Waals surface area contributed by atoms with Gasteiger partial charge in [-0.25, -0.2) is 13.4 Å². The van der Waals surface area contributed by atoms with Crippen molar-refractivity contribution in [1.29, 1.82) is 0 Å². The van der Waals surface area contributed by atoms with Crippen molar-refractivity contribution in [3.8, 4) is 5.69 Å². The third-order valence-corrected chi connectivity index (χ3v) is 8.59. The van der Waals surface area contributed by atoms with E-state index in [-0.39, 0.29) is 4.90 Å². The number of nitrogens with zero attached hydrogens (tertiary/aromatic N) is 6. The summed E-state index contributed by atoms with van der Waals surface area (Å²) in [5, 5.41) is 10.2. The summed E-state index contributed by atoms with van der Waals surface area (Å²) in [6.07, 6.45) is 3.24. The Morgan fingerprint density at radius 2 is 1.67 bits per heavy atom. The first-order valence-electron chi connectivity index (χ1n) is 11.0. The predicted molar refractivity (Wildman–Crippen MR) is 125 cm³/mol. The Hall–Kier alpha value is -2.47. The van der Waals surface area contributed by atoms with Gasteiger partial charge in [0, 0.05) is 32.4 Å². The second-order valence-electron chi connectivity index (χ2n) is 8.10. The van der Waals surface area contributed by atoms with Gasteiger partial charge >= 0.3 is 0 Å². The summed E-state index contributed by atoms with van der Waals surface area (Å²) in [7, 11) is -3.48. The number of hydrogen-bond donors (Lipinski definition) is 0. The average Bonchev–Trinajstić information content (AvgIpc) is 3.52. The standard InChI is InChI=1S/C22H26N6O3S2/c1-17-4-6-18(7-5-17)28-21(26-12-14-31-15-13-26)24-25-22(28)32-20-9-8-19(16-23-20)33(29,30)27-10-2-3-11-27/h4-9,16H,2-3,10-15H2,1H3. The molecule has 0 unspecified atom stereocenters. The zero-order valence-electron chi connectivity index (χ0n) is 18.4. The van der Waals surface area contributed by atoms with Gasteiger partial charge in [-0.05, 0) is 55.8 Å². The topological polar surface area (TPSA) is 93.5 Å². The van der Waals surface area contributed by atoms with Gasteiger partial charge in [-0.2, -0.15) is 4.31 Å². The summed E-state index contributed by atoms with van der Waals surface area (Å²) in [5.74, 6) is 0.762. The van der Waals surface area contributed by atoms with Crippen LogP contribution in [0.15, 0.2) is 57.7 Å². The van der Waals surface area contributed by atoms with Crippen LogP contribution in [0.5, 0.6) is 0 Å². The van der Waals surface area contributed by atoms with Crippen LogP contribution in [0.4, 0.5) is 5.95 Å². The van der Waals surface area contributed by atoms with E-state index in [0.717, 1.165) is 37.6 Å². The zero-order chi connectivity index (χ0) is 22.8. The number of benzene rings is 1. The largest absolute Gasteiger partial charge is 0.378 e. The van der Waals surface area contributed by atoms with Gasteiger partial charge in [-0.3, -0.25) is 4.57 Å². The third kappa shape index (κ3) is 4.63. The Labute approximate surface area is 197 Å². The molecule has 0 bridgehead atoms. The van der Waals surface area contributed by atoms with Crippen molar-refractivity contribution in [1.82, 2.24) is 24.1 Å². The van der Waals surface area contributed by atoms with Crippen LogP contribution in [0.25, 0.3) is 5.69 Å². The summed E-state index contributed by atoms with van der Waals surface area (Å²) in [6.45, 7) is 5.99. The molecule has 2 fully saturated rings. The molecular formula is C22H26N6O3S2. The Bertz CT molecular complexity index is 1200. The molecule has 5 rings (SSSR count). The lowest BCUT2D eigenvalue weighted by molar-refractivity contribution is 0.122. The molecule has 2 saturated heterocycles. The highest BCUT2D eigenvalue weighted by Gasteiger charge is 2.28. The highest BCUT2D eigenvalue weighted by molar-refractivity contribution is 7.99. The van der Waals surface area contributed by atoms with Crippen LogP contribution in [0.2, 0.25) is 0 Å². The predicted octanol–water partition coefficient (Wildman–Crippen LogP) is 2.74. The van der Waals surface area contributed by atoms with Crippen LogP contribution >= 0.6 is 11.8 Å². The molecule has 2 aliphatic heterocycles. The first-order chi connectivity index (χ1) is 16.0. The molecule has 33 heavy (non-hydrogen) atoms. The maximum atomic E-state index is 12.8. The number of sulfonamides is 1. The molecule has 0 radical (unpaired) electrons. The zero-order valence-corrected chi connectivity index (χ0v) is 20.1. The lowest BCUT2D eigenvalue weighted by Crippen LogP contribution is -2.37. The number of anilines is 1. The van der Waals surface area contributed by atoms with Gasteiger partial charge in [0.05, 0.1) is 18.9 Å². The summed E-state index contributed by atoms with van der Waals surface area (Å²) in [5.41, 5.74) is 2.13. The number of pyridine rings is 1. The van der Waals surface area contributed by atoms with Crippen molar-refractivity contribution in [2.75, 3.05) is 44.3 Å². The Balaban J connectivity index is 1.44. The maximum absolute atomic E-state index is 12.8. The van der Waals surface area contributed by atoms with Gasteiger partial charge in [0.1, 0.15) is 9.92 Å². The van der Waals surface area contributed by atoms with E-state index < -0.39 is 10.0 Å². The van der Waals surface area contributed by atoms with Crippen molar-refractivity contribution in [2.45, 2.75) is 34.8 Å². The maximum Gasteiger partial charge on any atom is 0.244 e. The summed E-state index contributed by atoms with van der Waals surface area (Å²) < 4.78 is 34.6. The summed E-state index contributed by atoms with van der Waals surface area (Å²) in [4.78, 5) is 6.82. The Kier molecular flexibility index (Phi) is 6.37. The summed E-state index contributed by atoms with van der Waals surface area (Å²) >= 11 is 1.36. The quantitative estimate of drug-likeness (QED) is 0.525. The van der Waals surface area contributed by atoms with E-state index in [4.69, 9.17) is 4.74 Å². The first kappa shape index (κ1) is 22.3. The minimum absolute atomic E-state index is 0.225. The summed E-state index contributed by atoms with van der Waals surface area (Å²) in [6, 6.07) is 11.6.